The first kappa shape index (κ1) is 20.0. The zero-order valence-electron chi connectivity index (χ0n) is 16.6. The van der Waals surface area contributed by atoms with E-state index in [0.29, 0.717) is 17.2 Å². The molecule has 30 heavy (non-hydrogen) atoms. The average molecular weight is 425 g/mol. The summed E-state index contributed by atoms with van der Waals surface area (Å²) in [6.07, 6.45) is 3.15. The smallest absolute Gasteiger partial charge is 0.268 e. The molecule has 0 unspecified atom stereocenters. The first-order valence-electron chi connectivity index (χ1n) is 9.52. The first-order valence-corrected chi connectivity index (χ1v) is 11.0. The molecule has 0 spiro atoms. The molecule has 0 radical (unpaired) electrons. The van der Waals surface area contributed by atoms with Crippen LogP contribution in [0.15, 0.2) is 78.1 Å². The van der Waals surface area contributed by atoms with Gasteiger partial charge in [0.05, 0.1) is 12.2 Å². The molecule has 0 fully saturated rings. The van der Waals surface area contributed by atoms with Crippen LogP contribution in [-0.2, 0) is 16.6 Å². The fourth-order valence-electron chi connectivity index (χ4n) is 3.24. The summed E-state index contributed by atoms with van der Waals surface area (Å²) in [7, 11) is -3.98. The van der Waals surface area contributed by atoms with Gasteiger partial charge in [0, 0.05) is 6.20 Å². The first-order chi connectivity index (χ1) is 14.4. The highest BCUT2D eigenvalue weighted by Crippen LogP contribution is 2.29. The van der Waals surface area contributed by atoms with E-state index < -0.39 is 10.0 Å². The van der Waals surface area contributed by atoms with Crippen LogP contribution in [0.1, 0.15) is 30.9 Å². The van der Waals surface area contributed by atoms with E-state index in [9.17, 15) is 12.8 Å². The van der Waals surface area contributed by atoms with Crippen molar-refractivity contribution in [2.45, 2.75) is 31.2 Å². The Morgan fingerprint density at radius 1 is 1.03 bits per heavy atom. The number of aromatic nitrogens is 3. The molecule has 0 aliphatic heterocycles. The number of sulfonamides is 1. The molecule has 0 aliphatic carbocycles. The normalized spacial score (nSPS) is 11.9. The van der Waals surface area contributed by atoms with Gasteiger partial charge in [-0.05, 0) is 53.4 Å². The lowest BCUT2D eigenvalue weighted by atomic mass is 10.0. The topological polar surface area (TPSA) is 67.6 Å². The third kappa shape index (κ3) is 3.78. The van der Waals surface area contributed by atoms with Crippen molar-refractivity contribution in [3.8, 4) is 0 Å². The van der Waals surface area contributed by atoms with Crippen LogP contribution in [0.3, 0.4) is 0 Å². The predicted molar refractivity (Wildman–Crippen MR) is 113 cm³/mol. The molecule has 2 aromatic heterocycles. The molecule has 0 saturated heterocycles. The third-order valence-corrected chi connectivity index (χ3v) is 6.74. The van der Waals surface area contributed by atoms with Gasteiger partial charge >= 0.3 is 0 Å². The monoisotopic (exact) mass is 424 g/mol. The van der Waals surface area contributed by atoms with E-state index in [4.69, 9.17) is 0 Å². The van der Waals surface area contributed by atoms with Crippen molar-refractivity contribution in [3.05, 3.63) is 90.1 Å². The van der Waals surface area contributed by atoms with Crippen LogP contribution < -0.4 is 4.31 Å². The van der Waals surface area contributed by atoms with E-state index in [0.717, 1.165) is 5.56 Å². The number of nitrogens with zero attached hydrogens (tertiary/aromatic N) is 4. The average Bonchev–Trinajstić information content (AvgIpc) is 3.22. The zero-order valence-corrected chi connectivity index (χ0v) is 17.4. The van der Waals surface area contributed by atoms with Crippen molar-refractivity contribution in [1.82, 2.24) is 14.6 Å². The molecule has 0 saturated carbocycles. The van der Waals surface area contributed by atoms with Gasteiger partial charge in [-0.3, -0.25) is 8.71 Å². The highest BCUT2D eigenvalue weighted by atomic mass is 32.2. The van der Waals surface area contributed by atoms with Crippen LogP contribution in [0.5, 0.6) is 0 Å². The molecule has 6 nitrogen and oxygen atoms in total. The Morgan fingerprint density at radius 3 is 2.40 bits per heavy atom. The van der Waals surface area contributed by atoms with Crippen molar-refractivity contribution < 1.29 is 12.8 Å². The van der Waals surface area contributed by atoms with Crippen LogP contribution in [0, 0.1) is 5.82 Å². The minimum Gasteiger partial charge on any atom is -0.288 e. The highest BCUT2D eigenvalue weighted by Gasteiger charge is 2.28. The molecular formula is C22H21FN4O2S. The molecule has 4 rings (SSSR count). The second-order valence-corrected chi connectivity index (χ2v) is 9.15. The Bertz CT molecular complexity index is 1270. The minimum atomic E-state index is -3.98. The fourth-order valence-corrected chi connectivity index (χ4v) is 4.83. The number of halogens is 1. The maximum atomic E-state index is 13.7. The van der Waals surface area contributed by atoms with Gasteiger partial charge in [0.25, 0.3) is 10.0 Å². The van der Waals surface area contributed by atoms with Gasteiger partial charge in [-0.1, -0.05) is 38.1 Å². The van der Waals surface area contributed by atoms with Crippen LogP contribution >= 0.6 is 0 Å². The molecule has 8 heteroatoms. The van der Waals surface area contributed by atoms with Gasteiger partial charge in [-0.2, -0.15) is 0 Å². The van der Waals surface area contributed by atoms with Crippen LogP contribution in [0.2, 0.25) is 0 Å². The lowest BCUT2D eigenvalue weighted by Gasteiger charge is -2.25. The van der Waals surface area contributed by atoms with E-state index in [-0.39, 0.29) is 22.9 Å². The fraction of sp³-hybridized carbons (Fsp3) is 0.182. The summed E-state index contributed by atoms with van der Waals surface area (Å²) in [6, 6.07) is 16.4. The second kappa shape index (κ2) is 7.87. The Labute approximate surface area is 174 Å². The summed E-state index contributed by atoms with van der Waals surface area (Å²) < 4.78 is 43.6. The van der Waals surface area contributed by atoms with Crippen LogP contribution in [-0.4, -0.2) is 23.0 Å². The molecule has 0 N–H and O–H groups in total. The maximum absolute atomic E-state index is 13.7. The van der Waals surface area contributed by atoms with E-state index >= 15 is 0 Å². The van der Waals surface area contributed by atoms with Crippen LogP contribution in [0.4, 0.5) is 10.1 Å². The summed E-state index contributed by atoms with van der Waals surface area (Å²) in [5.41, 5.74) is 2.55. The van der Waals surface area contributed by atoms with Crippen molar-refractivity contribution >= 4 is 21.4 Å². The Morgan fingerprint density at radius 2 is 1.73 bits per heavy atom. The number of benzene rings is 2. The van der Waals surface area contributed by atoms with E-state index in [1.807, 2.05) is 12.1 Å². The minimum absolute atomic E-state index is 0.0533. The molecule has 0 amide bonds. The van der Waals surface area contributed by atoms with E-state index in [1.54, 1.807) is 40.9 Å². The molecule has 0 aliphatic rings. The Balaban J connectivity index is 1.83. The molecule has 2 heterocycles. The predicted octanol–water partition coefficient (Wildman–Crippen LogP) is 4.39. The molecule has 0 bridgehead atoms. The molecule has 4 aromatic rings. The van der Waals surface area contributed by atoms with Gasteiger partial charge in [0.2, 0.25) is 0 Å². The lowest BCUT2D eigenvalue weighted by Crippen LogP contribution is -2.31. The number of hydrogen-bond acceptors (Lipinski definition) is 4. The van der Waals surface area contributed by atoms with Gasteiger partial charge in [-0.15, -0.1) is 10.2 Å². The second-order valence-electron chi connectivity index (χ2n) is 7.32. The van der Waals surface area contributed by atoms with Crippen molar-refractivity contribution in [1.29, 1.82) is 0 Å². The maximum Gasteiger partial charge on any atom is 0.268 e. The van der Waals surface area contributed by atoms with Gasteiger partial charge < -0.3 is 0 Å². The number of anilines is 1. The summed E-state index contributed by atoms with van der Waals surface area (Å²) in [5.74, 6) is -0.0476. The van der Waals surface area contributed by atoms with E-state index in [1.165, 1.54) is 28.8 Å². The highest BCUT2D eigenvalue weighted by molar-refractivity contribution is 7.93. The number of rotatable bonds is 6. The quantitative estimate of drug-likeness (QED) is 0.460. The summed E-state index contributed by atoms with van der Waals surface area (Å²) in [6.45, 7) is 4.21. The number of pyridine rings is 1. The van der Waals surface area contributed by atoms with E-state index in [2.05, 4.69) is 24.0 Å². The summed E-state index contributed by atoms with van der Waals surface area (Å²) >= 11 is 0. The Kier molecular flexibility index (Phi) is 5.26. The SMILES string of the molecule is CC(C)c1ccc(N(Cc2ccc(F)cc2)S(=O)(=O)c2cccn3cnnc23)cc1. The van der Waals surface area contributed by atoms with Gasteiger partial charge in [0.15, 0.2) is 5.65 Å². The molecule has 2 aromatic carbocycles. The van der Waals surface area contributed by atoms with Gasteiger partial charge in [-0.25, -0.2) is 12.8 Å². The van der Waals surface area contributed by atoms with Crippen LogP contribution in [0.25, 0.3) is 5.65 Å². The third-order valence-electron chi connectivity index (χ3n) is 4.94. The Hall–Kier alpha value is -3.26. The number of hydrogen-bond donors (Lipinski definition) is 0. The van der Waals surface area contributed by atoms with Crippen molar-refractivity contribution in [2.75, 3.05) is 4.31 Å². The lowest BCUT2D eigenvalue weighted by molar-refractivity contribution is 0.590. The van der Waals surface area contributed by atoms with Gasteiger partial charge in [0.1, 0.15) is 17.0 Å². The summed E-state index contributed by atoms with van der Waals surface area (Å²) in [5, 5.41) is 7.80. The van der Waals surface area contributed by atoms with Crippen molar-refractivity contribution in [2.24, 2.45) is 0 Å². The number of fused-ring (bicyclic) bond motifs is 1. The zero-order chi connectivity index (χ0) is 21.3. The molecule has 154 valence electrons. The summed E-state index contributed by atoms with van der Waals surface area (Å²) in [4.78, 5) is 0.0533. The molecule has 0 atom stereocenters. The molecular weight excluding hydrogens is 403 g/mol. The largest absolute Gasteiger partial charge is 0.288 e. The standard InChI is InChI=1S/C22H21FN4O2S/c1-16(2)18-7-11-20(12-8-18)27(14-17-5-9-19(23)10-6-17)30(28,29)21-4-3-13-26-15-24-25-22(21)26/h3-13,15-16H,14H2,1-2H3. The van der Waals surface area contributed by atoms with Crippen molar-refractivity contribution in [3.63, 3.8) is 0 Å².